The molecule has 1 aromatic carbocycles. The third-order valence-corrected chi connectivity index (χ3v) is 2.45. The topological polar surface area (TPSA) is 25.8 Å². The largest absolute Gasteiger partial charge is 0.253 e. The van der Waals surface area contributed by atoms with Crippen molar-refractivity contribution in [2.45, 2.75) is 26.7 Å². The van der Waals surface area contributed by atoms with Crippen LogP contribution in [0, 0.1) is 6.92 Å². The van der Waals surface area contributed by atoms with E-state index in [1.54, 1.807) is 12.4 Å². The Morgan fingerprint density at radius 1 is 1.07 bits per heavy atom. The van der Waals surface area contributed by atoms with Crippen LogP contribution in [0.4, 0.5) is 0 Å². The van der Waals surface area contributed by atoms with E-state index in [-0.39, 0.29) is 0 Å². The smallest absolute Gasteiger partial charge is 0.0916 e. The fourth-order valence-corrected chi connectivity index (χ4v) is 1.61. The zero-order valence-electron chi connectivity index (χ0n) is 8.78. The molecule has 0 amide bonds. The number of aromatic nitrogens is 2. The van der Waals surface area contributed by atoms with Gasteiger partial charge < -0.3 is 0 Å². The first kappa shape index (κ1) is 9.13. The maximum Gasteiger partial charge on any atom is 0.0916 e. The summed E-state index contributed by atoms with van der Waals surface area (Å²) in [5, 5.41) is 0. The summed E-state index contributed by atoms with van der Waals surface area (Å²) >= 11 is 0. The minimum atomic E-state index is 0.542. The number of aryl methyl sites for hydroxylation is 1. The summed E-state index contributed by atoms with van der Waals surface area (Å²) in [4.78, 5) is 8.64. The van der Waals surface area contributed by atoms with Gasteiger partial charge in [0, 0.05) is 12.4 Å². The molecule has 0 fully saturated rings. The van der Waals surface area contributed by atoms with Crippen LogP contribution in [0.25, 0.3) is 11.0 Å². The summed E-state index contributed by atoms with van der Waals surface area (Å²) in [6, 6.07) is 4.32. The molecule has 0 unspecified atom stereocenters. The molecule has 0 aliphatic rings. The minimum Gasteiger partial charge on any atom is -0.253 e. The first-order valence-corrected chi connectivity index (χ1v) is 4.90. The van der Waals surface area contributed by atoms with Gasteiger partial charge in [0.15, 0.2) is 0 Å². The molecule has 0 aliphatic heterocycles. The lowest BCUT2D eigenvalue weighted by Crippen LogP contribution is -1.92. The van der Waals surface area contributed by atoms with Gasteiger partial charge in [-0.1, -0.05) is 19.9 Å². The zero-order chi connectivity index (χ0) is 10.1. The SMILES string of the molecule is Cc1cc(C(C)C)cc2nccnc12. The molecule has 2 rings (SSSR count). The lowest BCUT2D eigenvalue weighted by atomic mass is 10.00. The van der Waals surface area contributed by atoms with Crippen LogP contribution in [0.15, 0.2) is 24.5 Å². The van der Waals surface area contributed by atoms with Gasteiger partial charge >= 0.3 is 0 Å². The van der Waals surface area contributed by atoms with E-state index in [2.05, 4.69) is 42.9 Å². The summed E-state index contributed by atoms with van der Waals surface area (Å²) < 4.78 is 0. The number of nitrogens with zero attached hydrogens (tertiary/aromatic N) is 2. The number of rotatable bonds is 1. The zero-order valence-corrected chi connectivity index (χ0v) is 8.78. The number of hydrogen-bond acceptors (Lipinski definition) is 2. The molecule has 0 N–H and O–H groups in total. The second kappa shape index (κ2) is 3.37. The molecule has 0 saturated carbocycles. The Bertz CT molecular complexity index is 461. The molecule has 2 nitrogen and oxygen atoms in total. The monoisotopic (exact) mass is 186 g/mol. The highest BCUT2D eigenvalue weighted by molar-refractivity contribution is 5.78. The van der Waals surface area contributed by atoms with Gasteiger partial charge in [0.25, 0.3) is 0 Å². The molecule has 0 atom stereocenters. The van der Waals surface area contributed by atoms with E-state index < -0.39 is 0 Å². The highest BCUT2D eigenvalue weighted by Crippen LogP contribution is 2.21. The van der Waals surface area contributed by atoms with E-state index in [1.165, 1.54) is 11.1 Å². The normalized spacial score (nSPS) is 11.1. The average Bonchev–Trinajstić information content (AvgIpc) is 2.17. The standard InChI is InChI=1S/C12H14N2/c1-8(2)10-6-9(3)12-11(7-10)13-4-5-14-12/h4-8H,1-3H3. The van der Waals surface area contributed by atoms with Crippen molar-refractivity contribution >= 4 is 11.0 Å². The first-order chi connectivity index (χ1) is 6.68. The Hall–Kier alpha value is -1.44. The second-order valence-corrected chi connectivity index (χ2v) is 3.92. The molecule has 72 valence electrons. The van der Waals surface area contributed by atoms with Gasteiger partial charge in [0.1, 0.15) is 0 Å². The third kappa shape index (κ3) is 1.48. The fraction of sp³-hybridized carbons (Fsp3) is 0.333. The highest BCUT2D eigenvalue weighted by atomic mass is 14.8. The van der Waals surface area contributed by atoms with E-state index >= 15 is 0 Å². The van der Waals surface area contributed by atoms with Crippen LogP contribution >= 0.6 is 0 Å². The van der Waals surface area contributed by atoms with Crippen molar-refractivity contribution in [3.05, 3.63) is 35.7 Å². The van der Waals surface area contributed by atoms with Crippen molar-refractivity contribution in [1.82, 2.24) is 9.97 Å². The molecule has 0 spiro atoms. The van der Waals surface area contributed by atoms with Crippen molar-refractivity contribution in [2.24, 2.45) is 0 Å². The summed E-state index contributed by atoms with van der Waals surface area (Å²) in [6.07, 6.45) is 3.48. The van der Waals surface area contributed by atoms with E-state index in [0.717, 1.165) is 11.0 Å². The lowest BCUT2D eigenvalue weighted by Gasteiger charge is -2.08. The Labute approximate surface area is 84.0 Å². The maximum atomic E-state index is 4.32. The molecule has 1 heterocycles. The maximum absolute atomic E-state index is 4.32. The van der Waals surface area contributed by atoms with Crippen LogP contribution in [0.2, 0.25) is 0 Å². The Morgan fingerprint density at radius 3 is 2.50 bits per heavy atom. The van der Waals surface area contributed by atoms with Crippen LogP contribution < -0.4 is 0 Å². The molecule has 1 aromatic heterocycles. The lowest BCUT2D eigenvalue weighted by molar-refractivity contribution is 0.866. The molecule has 2 aromatic rings. The van der Waals surface area contributed by atoms with Gasteiger partial charge in [-0.3, -0.25) is 9.97 Å². The molecule has 2 heteroatoms. The van der Waals surface area contributed by atoms with Gasteiger partial charge in [-0.15, -0.1) is 0 Å². The second-order valence-electron chi connectivity index (χ2n) is 3.92. The summed E-state index contributed by atoms with van der Waals surface area (Å²) in [7, 11) is 0. The summed E-state index contributed by atoms with van der Waals surface area (Å²) in [6.45, 7) is 6.47. The number of benzene rings is 1. The molecular weight excluding hydrogens is 172 g/mol. The van der Waals surface area contributed by atoms with Crippen LogP contribution in [0.1, 0.15) is 30.9 Å². The van der Waals surface area contributed by atoms with E-state index in [9.17, 15) is 0 Å². The molecular formula is C12H14N2. The van der Waals surface area contributed by atoms with Gasteiger partial charge in [0.05, 0.1) is 11.0 Å². The number of fused-ring (bicyclic) bond motifs is 1. The van der Waals surface area contributed by atoms with Gasteiger partial charge in [0.2, 0.25) is 0 Å². The Balaban J connectivity index is 2.72. The quantitative estimate of drug-likeness (QED) is 0.684. The molecule has 0 aliphatic carbocycles. The summed E-state index contributed by atoms with van der Waals surface area (Å²) in [5.74, 6) is 0.542. The van der Waals surface area contributed by atoms with Crippen molar-refractivity contribution in [3.8, 4) is 0 Å². The minimum absolute atomic E-state index is 0.542. The first-order valence-electron chi connectivity index (χ1n) is 4.90. The van der Waals surface area contributed by atoms with E-state index in [4.69, 9.17) is 0 Å². The molecule has 14 heavy (non-hydrogen) atoms. The van der Waals surface area contributed by atoms with Crippen molar-refractivity contribution in [2.75, 3.05) is 0 Å². The van der Waals surface area contributed by atoms with Crippen LogP contribution in [-0.4, -0.2) is 9.97 Å². The van der Waals surface area contributed by atoms with E-state index in [0.29, 0.717) is 5.92 Å². The fourth-order valence-electron chi connectivity index (χ4n) is 1.61. The highest BCUT2D eigenvalue weighted by Gasteiger charge is 2.04. The molecule has 0 radical (unpaired) electrons. The van der Waals surface area contributed by atoms with E-state index in [1.807, 2.05) is 0 Å². The van der Waals surface area contributed by atoms with Crippen LogP contribution in [0.5, 0.6) is 0 Å². The van der Waals surface area contributed by atoms with Crippen molar-refractivity contribution in [3.63, 3.8) is 0 Å². The third-order valence-electron chi connectivity index (χ3n) is 2.45. The predicted octanol–water partition coefficient (Wildman–Crippen LogP) is 3.06. The van der Waals surface area contributed by atoms with Gasteiger partial charge in [-0.2, -0.15) is 0 Å². The van der Waals surface area contributed by atoms with Crippen molar-refractivity contribution < 1.29 is 0 Å². The van der Waals surface area contributed by atoms with Gasteiger partial charge in [-0.05, 0) is 30.0 Å². The Morgan fingerprint density at radius 2 is 1.79 bits per heavy atom. The average molecular weight is 186 g/mol. The van der Waals surface area contributed by atoms with Gasteiger partial charge in [-0.25, -0.2) is 0 Å². The molecule has 0 saturated heterocycles. The molecule has 0 bridgehead atoms. The van der Waals surface area contributed by atoms with Crippen LogP contribution in [0.3, 0.4) is 0 Å². The van der Waals surface area contributed by atoms with Crippen molar-refractivity contribution in [1.29, 1.82) is 0 Å². The summed E-state index contributed by atoms with van der Waals surface area (Å²) in [5.41, 5.74) is 4.54. The predicted molar refractivity (Wildman–Crippen MR) is 58.4 cm³/mol. The number of hydrogen-bond donors (Lipinski definition) is 0. The van der Waals surface area contributed by atoms with Crippen LogP contribution in [-0.2, 0) is 0 Å². The Kier molecular flexibility index (Phi) is 2.20.